The van der Waals surface area contributed by atoms with Crippen LogP contribution in [0.5, 0.6) is 0 Å². The van der Waals surface area contributed by atoms with Crippen molar-refractivity contribution in [1.82, 2.24) is 10.3 Å². The highest BCUT2D eigenvalue weighted by Crippen LogP contribution is 2.35. The first-order chi connectivity index (χ1) is 13.0. The summed E-state index contributed by atoms with van der Waals surface area (Å²) in [5.41, 5.74) is -3.86. The fourth-order valence-electron chi connectivity index (χ4n) is 2.07. The lowest BCUT2D eigenvalue weighted by Gasteiger charge is -2.34. The van der Waals surface area contributed by atoms with Crippen LogP contribution in [-0.2, 0) is 9.53 Å². The first kappa shape index (κ1) is 22.1. The molecule has 0 aliphatic rings. The predicted octanol–water partition coefficient (Wildman–Crippen LogP) is 4.32. The molecule has 2 rings (SSSR count). The highest BCUT2D eigenvalue weighted by atomic mass is 35.5. The van der Waals surface area contributed by atoms with Crippen molar-refractivity contribution in [1.29, 1.82) is 0 Å². The number of amides is 1. The average molecular weight is 457 g/mol. The highest BCUT2D eigenvalue weighted by Gasteiger charge is 2.64. The van der Waals surface area contributed by atoms with Crippen LogP contribution in [0.3, 0.4) is 0 Å². The molecule has 0 fully saturated rings. The molecule has 0 aliphatic carbocycles. The second-order valence-corrected chi connectivity index (χ2v) is 6.59. The van der Waals surface area contributed by atoms with Gasteiger partial charge in [-0.15, -0.1) is 0 Å². The topological polar surface area (TPSA) is 80.3 Å². The Morgan fingerprint density at radius 3 is 2.18 bits per heavy atom. The maximum atomic E-state index is 14.0. The molecule has 2 N–H and O–H groups in total. The predicted molar refractivity (Wildman–Crippen MR) is 97.6 cm³/mol. The second-order valence-electron chi connectivity index (χ2n) is 5.31. The molecular weight excluding hydrogens is 446 g/mol. The van der Waals surface area contributed by atoms with Crippen LogP contribution in [0.1, 0.15) is 10.4 Å². The molecule has 1 aromatic heterocycles. The number of aromatic nitrogens is 1. The van der Waals surface area contributed by atoms with Crippen molar-refractivity contribution in [2.45, 2.75) is 11.8 Å². The maximum Gasteiger partial charge on any atom is 0.441 e. The van der Waals surface area contributed by atoms with Crippen molar-refractivity contribution in [2.75, 3.05) is 12.4 Å². The Bertz CT molecular complexity index is 894. The van der Waals surface area contributed by atoms with Crippen LogP contribution in [0.2, 0.25) is 15.1 Å². The number of carbonyl (C=O) groups is 2. The van der Waals surface area contributed by atoms with Crippen LogP contribution in [0, 0.1) is 0 Å². The van der Waals surface area contributed by atoms with Crippen LogP contribution < -0.4 is 10.6 Å². The third kappa shape index (κ3) is 4.60. The minimum absolute atomic E-state index is 0.0522. The first-order valence-corrected chi connectivity index (χ1v) is 8.46. The molecule has 0 spiro atoms. The van der Waals surface area contributed by atoms with Crippen LogP contribution in [0.15, 0.2) is 36.5 Å². The molecule has 0 aliphatic heterocycles. The number of alkyl halides is 3. The van der Waals surface area contributed by atoms with E-state index in [2.05, 4.69) is 9.72 Å². The van der Waals surface area contributed by atoms with Gasteiger partial charge < -0.3 is 15.4 Å². The van der Waals surface area contributed by atoms with E-state index in [1.54, 1.807) is 5.32 Å². The third-order valence-corrected chi connectivity index (χ3v) is 4.18. The number of nitrogens with one attached hydrogen (secondary N) is 2. The van der Waals surface area contributed by atoms with Gasteiger partial charge in [-0.1, -0.05) is 34.8 Å². The molecule has 0 saturated carbocycles. The van der Waals surface area contributed by atoms with Gasteiger partial charge in [0, 0.05) is 16.8 Å². The van der Waals surface area contributed by atoms with Crippen LogP contribution in [0.4, 0.5) is 19.0 Å². The Kier molecular flexibility index (Phi) is 6.63. The Balaban J connectivity index is 2.52. The minimum atomic E-state index is -5.34. The van der Waals surface area contributed by atoms with E-state index in [1.165, 1.54) is 24.3 Å². The molecule has 150 valence electrons. The number of esters is 1. The summed E-state index contributed by atoms with van der Waals surface area (Å²) in [6, 6.07) is 6.08. The molecule has 1 heterocycles. The number of carbonyl (C=O) groups excluding carboxylic acids is 2. The summed E-state index contributed by atoms with van der Waals surface area (Å²) in [4.78, 5) is 28.2. The molecule has 0 saturated heterocycles. The van der Waals surface area contributed by atoms with Crippen LogP contribution in [0.25, 0.3) is 0 Å². The monoisotopic (exact) mass is 455 g/mol. The number of rotatable bonds is 5. The van der Waals surface area contributed by atoms with E-state index in [9.17, 15) is 22.8 Å². The Hall–Kier alpha value is -2.23. The SMILES string of the molecule is COC(=O)[C@](NC(=O)c1ccc(Cl)cc1)(Nc1ncc(Cl)cc1Cl)C(F)(F)F. The minimum Gasteiger partial charge on any atom is -0.466 e. The number of hydrogen-bond acceptors (Lipinski definition) is 5. The molecule has 0 unspecified atom stereocenters. The van der Waals surface area contributed by atoms with Gasteiger partial charge in [-0.05, 0) is 30.3 Å². The van der Waals surface area contributed by atoms with Crippen molar-refractivity contribution >= 4 is 52.5 Å². The molecule has 2 aromatic rings. The van der Waals surface area contributed by atoms with Gasteiger partial charge in [0.05, 0.1) is 17.2 Å². The van der Waals surface area contributed by atoms with Crippen molar-refractivity contribution < 1.29 is 27.5 Å². The summed E-state index contributed by atoms with van der Waals surface area (Å²) in [6.07, 6.45) is -4.33. The quantitative estimate of drug-likeness (QED) is 0.518. The van der Waals surface area contributed by atoms with Crippen molar-refractivity contribution in [2.24, 2.45) is 0 Å². The van der Waals surface area contributed by atoms with E-state index >= 15 is 0 Å². The molecule has 1 amide bonds. The number of ether oxygens (including phenoxy) is 1. The fourth-order valence-corrected chi connectivity index (χ4v) is 2.63. The molecule has 0 radical (unpaired) electrons. The molecular formula is C16H11Cl3F3N3O3. The Morgan fingerprint density at radius 2 is 1.68 bits per heavy atom. The number of halogens is 6. The summed E-state index contributed by atoms with van der Waals surface area (Å²) >= 11 is 17.2. The molecule has 28 heavy (non-hydrogen) atoms. The smallest absolute Gasteiger partial charge is 0.441 e. The van der Waals surface area contributed by atoms with E-state index in [0.717, 1.165) is 19.4 Å². The van der Waals surface area contributed by atoms with Gasteiger partial charge in [-0.3, -0.25) is 4.79 Å². The summed E-state index contributed by atoms with van der Waals surface area (Å²) < 4.78 is 46.1. The highest BCUT2D eigenvalue weighted by molar-refractivity contribution is 6.36. The normalized spacial score (nSPS) is 13.4. The lowest BCUT2D eigenvalue weighted by atomic mass is 10.1. The molecule has 6 nitrogen and oxygen atoms in total. The second kappa shape index (κ2) is 8.42. The van der Waals surface area contributed by atoms with Crippen LogP contribution >= 0.6 is 34.8 Å². The van der Waals surface area contributed by atoms with Gasteiger partial charge in [-0.25, -0.2) is 9.78 Å². The molecule has 0 bridgehead atoms. The van der Waals surface area contributed by atoms with E-state index < -0.39 is 29.5 Å². The molecule has 1 atom stereocenters. The summed E-state index contributed by atoms with van der Waals surface area (Å²) in [7, 11) is 0.732. The fraction of sp³-hybridized carbons (Fsp3) is 0.188. The lowest BCUT2D eigenvalue weighted by molar-refractivity contribution is -0.203. The van der Waals surface area contributed by atoms with E-state index in [4.69, 9.17) is 34.8 Å². The Morgan fingerprint density at radius 1 is 1.07 bits per heavy atom. The number of pyridine rings is 1. The number of methoxy groups -OCH3 is 1. The summed E-state index contributed by atoms with van der Waals surface area (Å²) in [5.74, 6) is -3.61. The van der Waals surface area contributed by atoms with Gasteiger partial charge in [0.2, 0.25) is 0 Å². The summed E-state index contributed by atoms with van der Waals surface area (Å²) in [5, 5.41) is 3.46. The average Bonchev–Trinajstić information content (AvgIpc) is 2.62. The van der Waals surface area contributed by atoms with E-state index in [-0.39, 0.29) is 20.6 Å². The maximum absolute atomic E-state index is 14.0. The lowest BCUT2D eigenvalue weighted by Crippen LogP contribution is -2.69. The zero-order valence-corrected chi connectivity index (χ0v) is 16.2. The van der Waals surface area contributed by atoms with Crippen LogP contribution in [-0.4, -0.2) is 35.8 Å². The van der Waals surface area contributed by atoms with Gasteiger partial charge in [0.1, 0.15) is 5.82 Å². The van der Waals surface area contributed by atoms with Gasteiger partial charge in [0.25, 0.3) is 5.91 Å². The zero-order valence-electron chi connectivity index (χ0n) is 13.9. The van der Waals surface area contributed by atoms with Crippen molar-refractivity contribution in [3.63, 3.8) is 0 Å². The number of nitrogens with zero attached hydrogens (tertiary/aromatic N) is 1. The summed E-state index contributed by atoms with van der Waals surface area (Å²) in [6.45, 7) is 0. The standard InChI is InChI=1S/C16H11Cl3F3N3O3/c1-28-14(27)15(16(20,21)22,24-12-11(19)6-10(18)7-23-12)25-13(26)8-2-4-9(17)5-3-8/h2-7H,1H3,(H,23,24)(H,25,26)/t15-/m1/s1. The van der Waals surface area contributed by atoms with Crippen molar-refractivity contribution in [3.8, 4) is 0 Å². The number of anilines is 1. The van der Waals surface area contributed by atoms with Gasteiger partial charge >= 0.3 is 17.8 Å². The van der Waals surface area contributed by atoms with Gasteiger partial charge in [0.15, 0.2) is 0 Å². The zero-order chi connectivity index (χ0) is 21.1. The largest absolute Gasteiger partial charge is 0.466 e. The first-order valence-electron chi connectivity index (χ1n) is 7.32. The molecule has 1 aromatic carbocycles. The number of benzene rings is 1. The Labute approximate surface area is 171 Å². The number of hydrogen-bond donors (Lipinski definition) is 2. The third-order valence-electron chi connectivity index (χ3n) is 3.44. The van der Waals surface area contributed by atoms with E-state index in [0.29, 0.717) is 0 Å². The van der Waals surface area contributed by atoms with E-state index in [1.807, 2.05) is 5.32 Å². The van der Waals surface area contributed by atoms with Crippen molar-refractivity contribution in [3.05, 3.63) is 57.2 Å². The van der Waals surface area contributed by atoms with Gasteiger partial charge in [-0.2, -0.15) is 13.2 Å². The molecule has 12 heteroatoms.